The fourth-order valence-electron chi connectivity index (χ4n) is 2.65. The summed E-state index contributed by atoms with van der Waals surface area (Å²) in [7, 11) is 0. The highest BCUT2D eigenvalue weighted by atomic mass is 79.9. The molecule has 0 aromatic heterocycles. The number of hydrogen-bond donors (Lipinski definition) is 1. The Morgan fingerprint density at radius 2 is 1.95 bits per heavy atom. The highest BCUT2D eigenvalue weighted by Gasteiger charge is 2.27. The van der Waals surface area contributed by atoms with Gasteiger partial charge in [0.1, 0.15) is 11.9 Å². The Labute approximate surface area is 128 Å². The van der Waals surface area contributed by atoms with Crippen LogP contribution in [0.25, 0.3) is 0 Å². The van der Waals surface area contributed by atoms with Crippen molar-refractivity contribution in [3.8, 4) is 5.75 Å². The summed E-state index contributed by atoms with van der Waals surface area (Å²) in [6.07, 6.45) is 1.92. The van der Waals surface area contributed by atoms with Crippen LogP contribution in [-0.2, 0) is 6.42 Å². The Bertz CT molecular complexity index is 609. The molecule has 0 bridgehead atoms. The standard InChI is InChI=1S/C17H18BrNO/c1-2-11-3-5-12(6-4-11)16-10-15(19)14-8-7-13(18)9-17(14)20-16/h3-9,15-16H,2,10,19H2,1H3/t15-,16?/m1/s1. The van der Waals surface area contributed by atoms with Crippen molar-refractivity contribution in [2.45, 2.75) is 31.9 Å². The third kappa shape index (κ3) is 2.60. The number of nitrogens with two attached hydrogens (primary N) is 1. The van der Waals surface area contributed by atoms with E-state index in [0.717, 1.165) is 28.6 Å². The monoisotopic (exact) mass is 331 g/mol. The molecule has 3 heteroatoms. The molecule has 0 aliphatic carbocycles. The van der Waals surface area contributed by atoms with Crippen LogP contribution in [0.1, 0.15) is 42.2 Å². The van der Waals surface area contributed by atoms with Gasteiger partial charge in [-0.15, -0.1) is 0 Å². The van der Waals surface area contributed by atoms with Gasteiger partial charge in [-0.3, -0.25) is 0 Å². The molecular formula is C17H18BrNO. The van der Waals surface area contributed by atoms with Gasteiger partial charge < -0.3 is 10.5 Å². The molecule has 1 unspecified atom stereocenters. The van der Waals surface area contributed by atoms with E-state index in [1.165, 1.54) is 11.1 Å². The number of ether oxygens (including phenoxy) is 1. The molecule has 2 nitrogen and oxygen atoms in total. The normalized spacial score (nSPS) is 21.1. The molecule has 2 aromatic rings. The SMILES string of the molecule is CCc1ccc(C2C[C@@H](N)c3ccc(Br)cc3O2)cc1. The Morgan fingerprint density at radius 1 is 1.20 bits per heavy atom. The van der Waals surface area contributed by atoms with E-state index < -0.39 is 0 Å². The van der Waals surface area contributed by atoms with Crippen molar-refractivity contribution in [2.75, 3.05) is 0 Å². The topological polar surface area (TPSA) is 35.2 Å². The first-order valence-corrected chi connectivity index (χ1v) is 7.77. The van der Waals surface area contributed by atoms with Gasteiger partial charge in [0.05, 0.1) is 0 Å². The van der Waals surface area contributed by atoms with Crippen molar-refractivity contribution >= 4 is 15.9 Å². The van der Waals surface area contributed by atoms with Crippen molar-refractivity contribution in [3.63, 3.8) is 0 Å². The zero-order valence-electron chi connectivity index (χ0n) is 11.5. The average molecular weight is 332 g/mol. The molecule has 3 rings (SSSR count). The van der Waals surface area contributed by atoms with Crippen LogP contribution in [0.15, 0.2) is 46.9 Å². The number of fused-ring (bicyclic) bond motifs is 1. The zero-order valence-corrected chi connectivity index (χ0v) is 13.1. The quantitative estimate of drug-likeness (QED) is 0.877. The van der Waals surface area contributed by atoms with E-state index in [0.29, 0.717) is 0 Å². The van der Waals surface area contributed by atoms with Gasteiger partial charge in [0.15, 0.2) is 0 Å². The first-order chi connectivity index (χ1) is 9.67. The highest BCUT2D eigenvalue weighted by Crippen LogP contribution is 2.40. The fraction of sp³-hybridized carbons (Fsp3) is 0.294. The molecule has 0 spiro atoms. The first kappa shape index (κ1) is 13.7. The first-order valence-electron chi connectivity index (χ1n) is 6.98. The number of benzene rings is 2. The van der Waals surface area contributed by atoms with Crippen molar-refractivity contribution in [1.82, 2.24) is 0 Å². The van der Waals surface area contributed by atoms with Crippen LogP contribution in [0, 0.1) is 0 Å². The maximum absolute atomic E-state index is 6.28. The van der Waals surface area contributed by atoms with Gasteiger partial charge in [-0.2, -0.15) is 0 Å². The molecule has 0 fully saturated rings. The number of aryl methyl sites for hydroxylation is 1. The predicted octanol–water partition coefficient (Wildman–Crippen LogP) is 4.54. The summed E-state index contributed by atoms with van der Waals surface area (Å²) in [5, 5.41) is 0. The largest absolute Gasteiger partial charge is 0.485 e. The van der Waals surface area contributed by atoms with Crippen molar-refractivity contribution in [1.29, 1.82) is 0 Å². The minimum Gasteiger partial charge on any atom is -0.485 e. The van der Waals surface area contributed by atoms with Crippen LogP contribution < -0.4 is 10.5 Å². The third-order valence-electron chi connectivity index (χ3n) is 3.87. The van der Waals surface area contributed by atoms with Gasteiger partial charge in [0, 0.05) is 22.5 Å². The minimum absolute atomic E-state index is 0.0303. The Kier molecular flexibility index (Phi) is 3.81. The van der Waals surface area contributed by atoms with E-state index in [1.807, 2.05) is 18.2 Å². The molecule has 2 aromatic carbocycles. The molecule has 1 aliphatic rings. The van der Waals surface area contributed by atoms with E-state index in [-0.39, 0.29) is 12.1 Å². The summed E-state index contributed by atoms with van der Waals surface area (Å²) < 4.78 is 7.15. The lowest BCUT2D eigenvalue weighted by atomic mass is 9.93. The van der Waals surface area contributed by atoms with Crippen LogP contribution in [-0.4, -0.2) is 0 Å². The van der Waals surface area contributed by atoms with Gasteiger partial charge in [-0.05, 0) is 29.7 Å². The van der Waals surface area contributed by atoms with Crippen LogP contribution in [0.5, 0.6) is 5.75 Å². The summed E-state index contributed by atoms with van der Waals surface area (Å²) in [5.74, 6) is 0.891. The number of halogens is 1. The molecule has 1 aliphatic heterocycles. The van der Waals surface area contributed by atoms with E-state index in [2.05, 4.69) is 47.1 Å². The number of rotatable bonds is 2. The Balaban J connectivity index is 1.89. The van der Waals surface area contributed by atoms with Crippen LogP contribution >= 0.6 is 15.9 Å². The van der Waals surface area contributed by atoms with Crippen molar-refractivity contribution in [3.05, 3.63) is 63.6 Å². The highest BCUT2D eigenvalue weighted by molar-refractivity contribution is 9.10. The second-order valence-electron chi connectivity index (χ2n) is 5.23. The molecule has 2 atom stereocenters. The molecule has 0 amide bonds. The zero-order chi connectivity index (χ0) is 14.1. The van der Waals surface area contributed by atoms with Gasteiger partial charge in [-0.25, -0.2) is 0 Å². The van der Waals surface area contributed by atoms with E-state index >= 15 is 0 Å². The number of hydrogen-bond acceptors (Lipinski definition) is 2. The lowest BCUT2D eigenvalue weighted by molar-refractivity contribution is 0.161. The van der Waals surface area contributed by atoms with Crippen molar-refractivity contribution < 1.29 is 4.74 Å². The predicted molar refractivity (Wildman–Crippen MR) is 84.9 cm³/mol. The maximum atomic E-state index is 6.28. The van der Waals surface area contributed by atoms with E-state index in [4.69, 9.17) is 10.5 Å². The van der Waals surface area contributed by atoms with E-state index in [1.54, 1.807) is 0 Å². The van der Waals surface area contributed by atoms with Gasteiger partial charge >= 0.3 is 0 Å². The van der Waals surface area contributed by atoms with Crippen LogP contribution in [0.4, 0.5) is 0 Å². The second kappa shape index (κ2) is 5.58. The molecule has 20 heavy (non-hydrogen) atoms. The molecular weight excluding hydrogens is 314 g/mol. The van der Waals surface area contributed by atoms with Gasteiger partial charge in [0.2, 0.25) is 0 Å². The van der Waals surface area contributed by atoms with Crippen LogP contribution in [0.2, 0.25) is 0 Å². The lowest BCUT2D eigenvalue weighted by Crippen LogP contribution is -2.24. The summed E-state index contributed by atoms with van der Waals surface area (Å²) in [5.41, 5.74) is 9.92. The molecule has 2 N–H and O–H groups in total. The average Bonchev–Trinajstić information content (AvgIpc) is 2.46. The lowest BCUT2D eigenvalue weighted by Gasteiger charge is -2.30. The Morgan fingerprint density at radius 3 is 2.65 bits per heavy atom. The molecule has 0 saturated carbocycles. The van der Waals surface area contributed by atoms with E-state index in [9.17, 15) is 0 Å². The smallest absolute Gasteiger partial charge is 0.126 e. The van der Waals surface area contributed by atoms with Gasteiger partial charge in [-0.1, -0.05) is 53.2 Å². The van der Waals surface area contributed by atoms with Gasteiger partial charge in [0.25, 0.3) is 0 Å². The third-order valence-corrected chi connectivity index (χ3v) is 4.37. The van der Waals surface area contributed by atoms with Crippen molar-refractivity contribution in [2.24, 2.45) is 5.73 Å². The second-order valence-corrected chi connectivity index (χ2v) is 6.14. The Hall–Kier alpha value is -1.32. The molecule has 0 radical (unpaired) electrons. The molecule has 1 heterocycles. The summed E-state index contributed by atoms with van der Waals surface area (Å²) in [6, 6.07) is 14.7. The minimum atomic E-state index is 0.0303. The summed E-state index contributed by atoms with van der Waals surface area (Å²) in [4.78, 5) is 0. The molecule has 104 valence electrons. The van der Waals surface area contributed by atoms with Crippen LogP contribution in [0.3, 0.4) is 0 Å². The summed E-state index contributed by atoms with van der Waals surface area (Å²) in [6.45, 7) is 2.16. The molecule has 0 saturated heterocycles. The maximum Gasteiger partial charge on any atom is 0.126 e. The fourth-order valence-corrected chi connectivity index (χ4v) is 2.99. The summed E-state index contributed by atoms with van der Waals surface area (Å²) >= 11 is 3.48.